The van der Waals surface area contributed by atoms with Gasteiger partial charge in [-0.3, -0.25) is 0 Å². The Kier molecular flexibility index (Phi) is 2.69. The highest BCUT2D eigenvalue weighted by molar-refractivity contribution is 7.17. The highest BCUT2D eigenvalue weighted by Crippen LogP contribution is 2.28. The van der Waals surface area contributed by atoms with Crippen molar-refractivity contribution >= 4 is 27.4 Å². The molecule has 0 aliphatic rings. The number of aliphatic hydroxyl groups is 1. The van der Waals surface area contributed by atoms with E-state index in [1.807, 2.05) is 29.6 Å². The van der Waals surface area contributed by atoms with Gasteiger partial charge >= 0.3 is 5.97 Å². The molecule has 2 aromatic rings. The normalized spacial score (nSPS) is 14.9. The summed E-state index contributed by atoms with van der Waals surface area (Å²) in [4.78, 5) is 10.8. The minimum Gasteiger partial charge on any atom is -0.479 e. The maximum absolute atomic E-state index is 10.8. The second-order valence-corrected chi connectivity index (χ2v) is 4.92. The third kappa shape index (κ3) is 1.94. The third-order valence-electron chi connectivity index (χ3n) is 2.56. The molecule has 0 spiro atoms. The number of benzene rings is 1. The SMILES string of the molecule is CC(O)(Cc1csc2ccccc12)C(=O)O. The molecule has 0 bridgehead atoms. The molecule has 0 aliphatic heterocycles. The van der Waals surface area contributed by atoms with Gasteiger partial charge in [0.05, 0.1) is 0 Å². The fourth-order valence-electron chi connectivity index (χ4n) is 1.62. The first-order valence-electron chi connectivity index (χ1n) is 4.91. The van der Waals surface area contributed by atoms with E-state index in [-0.39, 0.29) is 6.42 Å². The van der Waals surface area contributed by atoms with Crippen LogP contribution in [0, 0.1) is 0 Å². The lowest BCUT2D eigenvalue weighted by Crippen LogP contribution is -2.37. The number of carboxylic acids is 1. The molecule has 84 valence electrons. The lowest BCUT2D eigenvalue weighted by Gasteiger charge is -2.17. The Labute approximate surface area is 97.0 Å². The summed E-state index contributed by atoms with van der Waals surface area (Å²) in [5.41, 5.74) is -0.822. The number of fused-ring (bicyclic) bond motifs is 1. The first-order valence-corrected chi connectivity index (χ1v) is 5.79. The van der Waals surface area contributed by atoms with Crippen LogP contribution in [0.1, 0.15) is 12.5 Å². The van der Waals surface area contributed by atoms with E-state index in [1.54, 1.807) is 11.3 Å². The van der Waals surface area contributed by atoms with Crippen molar-refractivity contribution in [1.29, 1.82) is 0 Å². The summed E-state index contributed by atoms with van der Waals surface area (Å²) < 4.78 is 1.11. The number of carbonyl (C=O) groups is 1. The monoisotopic (exact) mass is 236 g/mol. The van der Waals surface area contributed by atoms with E-state index < -0.39 is 11.6 Å². The number of carboxylic acid groups (broad SMARTS) is 1. The number of hydrogen-bond donors (Lipinski definition) is 2. The van der Waals surface area contributed by atoms with Gasteiger partial charge in [-0.05, 0) is 29.3 Å². The van der Waals surface area contributed by atoms with Crippen molar-refractivity contribution < 1.29 is 15.0 Å². The predicted molar refractivity (Wildman–Crippen MR) is 63.8 cm³/mol. The zero-order valence-corrected chi connectivity index (χ0v) is 9.62. The van der Waals surface area contributed by atoms with Gasteiger partial charge in [-0.25, -0.2) is 4.79 Å². The predicted octanol–water partition coefficient (Wildman–Crippen LogP) is 2.28. The molecule has 1 atom stereocenters. The summed E-state index contributed by atoms with van der Waals surface area (Å²) in [5, 5.41) is 21.5. The topological polar surface area (TPSA) is 57.5 Å². The maximum Gasteiger partial charge on any atom is 0.335 e. The van der Waals surface area contributed by atoms with Crippen LogP contribution < -0.4 is 0 Å². The van der Waals surface area contributed by atoms with Crippen LogP contribution in [0.15, 0.2) is 29.6 Å². The molecule has 1 aromatic carbocycles. The first-order chi connectivity index (χ1) is 7.50. The molecular formula is C12H12O3S. The van der Waals surface area contributed by atoms with Crippen LogP contribution in [0.4, 0.5) is 0 Å². The van der Waals surface area contributed by atoms with Crippen LogP contribution in [0.3, 0.4) is 0 Å². The second kappa shape index (κ2) is 3.88. The standard InChI is InChI=1S/C12H12O3S/c1-12(15,11(13)14)6-8-7-16-10-5-3-2-4-9(8)10/h2-5,7,15H,6H2,1H3,(H,13,14). The van der Waals surface area contributed by atoms with Gasteiger partial charge in [0.25, 0.3) is 0 Å². The van der Waals surface area contributed by atoms with E-state index in [0.29, 0.717) is 0 Å². The smallest absolute Gasteiger partial charge is 0.335 e. The van der Waals surface area contributed by atoms with E-state index in [4.69, 9.17) is 5.11 Å². The van der Waals surface area contributed by atoms with E-state index >= 15 is 0 Å². The molecule has 1 heterocycles. The molecule has 0 saturated heterocycles. The van der Waals surface area contributed by atoms with Crippen LogP contribution in [0.5, 0.6) is 0 Å². The van der Waals surface area contributed by atoms with Gasteiger partial charge < -0.3 is 10.2 Å². The quantitative estimate of drug-likeness (QED) is 0.859. The van der Waals surface area contributed by atoms with E-state index in [2.05, 4.69) is 0 Å². The first kappa shape index (κ1) is 11.1. The molecule has 1 unspecified atom stereocenters. The molecule has 0 amide bonds. The maximum atomic E-state index is 10.8. The molecule has 1 aromatic heterocycles. The average molecular weight is 236 g/mol. The number of hydrogen-bond acceptors (Lipinski definition) is 3. The molecule has 0 radical (unpaired) electrons. The zero-order chi connectivity index (χ0) is 11.8. The van der Waals surface area contributed by atoms with Gasteiger partial charge in [-0.2, -0.15) is 0 Å². The van der Waals surface area contributed by atoms with Gasteiger partial charge in [0.2, 0.25) is 0 Å². The fourth-order valence-corrected chi connectivity index (χ4v) is 2.58. The van der Waals surface area contributed by atoms with Crippen molar-refractivity contribution in [3.8, 4) is 0 Å². The van der Waals surface area contributed by atoms with E-state index in [0.717, 1.165) is 15.6 Å². The van der Waals surface area contributed by atoms with Gasteiger partial charge in [0, 0.05) is 11.1 Å². The van der Waals surface area contributed by atoms with Gasteiger partial charge in [-0.1, -0.05) is 18.2 Å². The summed E-state index contributed by atoms with van der Waals surface area (Å²) in [6.07, 6.45) is 0.131. The molecule has 0 fully saturated rings. The summed E-state index contributed by atoms with van der Waals surface area (Å²) in [7, 11) is 0. The summed E-state index contributed by atoms with van der Waals surface area (Å²) in [6.45, 7) is 1.32. The molecule has 4 heteroatoms. The molecule has 3 nitrogen and oxygen atoms in total. The largest absolute Gasteiger partial charge is 0.479 e. The van der Waals surface area contributed by atoms with Gasteiger partial charge in [0.1, 0.15) is 0 Å². The Hall–Kier alpha value is -1.39. The minimum absolute atomic E-state index is 0.131. The Bertz CT molecular complexity index is 528. The van der Waals surface area contributed by atoms with Crippen molar-refractivity contribution in [3.63, 3.8) is 0 Å². The lowest BCUT2D eigenvalue weighted by atomic mass is 9.96. The number of thiophene rings is 1. The van der Waals surface area contributed by atoms with Crippen molar-refractivity contribution in [2.24, 2.45) is 0 Å². The molecule has 0 aliphatic carbocycles. The molecule has 2 rings (SSSR count). The second-order valence-electron chi connectivity index (χ2n) is 4.01. The molecule has 16 heavy (non-hydrogen) atoms. The summed E-state index contributed by atoms with van der Waals surface area (Å²) >= 11 is 1.56. The van der Waals surface area contributed by atoms with Crippen molar-refractivity contribution in [1.82, 2.24) is 0 Å². The Balaban J connectivity index is 2.38. The van der Waals surface area contributed by atoms with Crippen LogP contribution in [0.25, 0.3) is 10.1 Å². The van der Waals surface area contributed by atoms with Crippen LogP contribution in [0.2, 0.25) is 0 Å². The summed E-state index contributed by atoms with van der Waals surface area (Å²) in [5.74, 6) is -1.19. The van der Waals surface area contributed by atoms with Crippen molar-refractivity contribution in [2.45, 2.75) is 18.9 Å². The zero-order valence-electron chi connectivity index (χ0n) is 8.80. The van der Waals surface area contributed by atoms with Crippen molar-refractivity contribution in [3.05, 3.63) is 35.2 Å². The minimum atomic E-state index is -1.70. The van der Waals surface area contributed by atoms with Crippen LogP contribution >= 0.6 is 11.3 Å². The van der Waals surface area contributed by atoms with E-state index in [1.165, 1.54) is 6.92 Å². The Morgan fingerprint density at radius 1 is 1.44 bits per heavy atom. The highest BCUT2D eigenvalue weighted by Gasteiger charge is 2.30. The summed E-state index contributed by atoms with van der Waals surface area (Å²) in [6, 6.07) is 7.78. The average Bonchev–Trinajstić information content (AvgIpc) is 2.61. The number of rotatable bonds is 3. The highest BCUT2D eigenvalue weighted by atomic mass is 32.1. The molecular weight excluding hydrogens is 224 g/mol. The van der Waals surface area contributed by atoms with Gasteiger partial charge in [-0.15, -0.1) is 11.3 Å². The van der Waals surface area contributed by atoms with Crippen LogP contribution in [-0.2, 0) is 11.2 Å². The Morgan fingerprint density at radius 2 is 2.12 bits per heavy atom. The van der Waals surface area contributed by atoms with Crippen LogP contribution in [-0.4, -0.2) is 21.8 Å². The van der Waals surface area contributed by atoms with E-state index in [9.17, 15) is 9.90 Å². The lowest BCUT2D eigenvalue weighted by molar-refractivity contribution is -0.156. The van der Waals surface area contributed by atoms with Gasteiger partial charge in [0.15, 0.2) is 5.60 Å². The third-order valence-corrected chi connectivity index (χ3v) is 3.57. The van der Waals surface area contributed by atoms with Crippen molar-refractivity contribution in [2.75, 3.05) is 0 Å². The molecule has 0 saturated carbocycles. The number of aliphatic carboxylic acids is 1. The fraction of sp³-hybridized carbons (Fsp3) is 0.250. The molecule has 2 N–H and O–H groups in total. The Morgan fingerprint density at radius 3 is 2.81 bits per heavy atom.